The molecule has 0 atom stereocenters. The summed E-state index contributed by atoms with van der Waals surface area (Å²) in [6.07, 6.45) is 1.66. The quantitative estimate of drug-likeness (QED) is 0.512. The van der Waals surface area contributed by atoms with Gasteiger partial charge in [0, 0.05) is 37.4 Å². The van der Waals surface area contributed by atoms with Crippen molar-refractivity contribution in [2.24, 2.45) is 0 Å². The smallest absolute Gasteiger partial charge is 0.230 e. The molecule has 0 spiro atoms. The van der Waals surface area contributed by atoms with Gasteiger partial charge in [-0.05, 0) is 45.0 Å². The summed E-state index contributed by atoms with van der Waals surface area (Å²) >= 11 is 1.40. The van der Waals surface area contributed by atoms with Gasteiger partial charge in [-0.3, -0.25) is 4.79 Å². The molecule has 1 heterocycles. The van der Waals surface area contributed by atoms with Crippen LogP contribution in [0.15, 0.2) is 42.1 Å². The minimum Gasteiger partial charge on any atom is -0.372 e. The van der Waals surface area contributed by atoms with Crippen molar-refractivity contribution in [2.75, 3.05) is 30.3 Å². The Kier molecular flexibility index (Phi) is 7.72. The predicted molar refractivity (Wildman–Crippen MR) is 109 cm³/mol. The van der Waals surface area contributed by atoms with Crippen molar-refractivity contribution in [1.82, 2.24) is 20.1 Å². The molecule has 0 bridgehead atoms. The Morgan fingerprint density at radius 3 is 2.50 bits per heavy atom. The maximum atomic E-state index is 11.8. The molecular formula is C19H27N5OS. The van der Waals surface area contributed by atoms with E-state index in [0.717, 1.165) is 36.2 Å². The van der Waals surface area contributed by atoms with Gasteiger partial charge in [0.15, 0.2) is 11.0 Å². The van der Waals surface area contributed by atoms with Crippen LogP contribution in [0.3, 0.4) is 0 Å². The number of amides is 1. The fourth-order valence-corrected chi connectivity index (χ4v) is 3.50. The Bertz CT molecular complexity index is 722. The van der Waals surface area contributed by atoms with Gasteiger partial charge in [0.05, 0.1) is 5.75 Å². The van der Waals surface area contributed by atoms with Crippen molar-refractivity contribution in [3.05, 3.63) is 36.9 Å². The van der Waals surface area contributed by atoms with Crippen molar-refractivity contribution >= 4 is 23.4 Å². The minimum absolute atomic E-state index is 0.0364. The lowest BCUT2D eigenvalue weighted by Crippen LogP contribution is -2.25. The average molecular weight is 374 g/mol. The molecule has 0 saturated carbocycles. The van der Waals surface area contributed by atoms with Crippen LogP contribution in [0.1, 0.15) is 20.8 Å². The van der Waals surface area contributed by atoms with Gasteiger partial charge in [0.1, 0.15) is 0 Å². The molecule has 1 amide bonds. The molecule has 6 nitrogen and oxygen atoms in total. The van der Waals surface area contributed by atoms with E-state index in [1.54, 1.807) is 6.08 Å². The summed E-state index contributed by atoms with van der Waals surface area (Å²) in [5.41, 5.74) is 2.23. The first kappa shape index (κ1) is 20.0. The van der Waals surface area contributed by atoms with E-state index in [1.807, 2.05) is 4.57 Å². The van der Waals surface area contributed by atoms with Gasteiger partial charge in [-0.25, -0.2) is 0 Å². The highest BCUT2D eigenvalue weighted by atomic mass is 32.2. The molecule has 0 aliphatic heterocycles. The van der Waals surface area contributed by atoms with Crippen LogP contribution in [0.2, 0.25) is 0 Å². The van der Waals surface area contributed by atoms with Crippen LogP contribution in [-0.2, 0) is 11.3 Å². The van der Waals surface area contributed by atoms with Crippen LogP contribution in [0.25, 0.3) is 11.4 Å². The maximum absolute atomic E-state index is 11.8. The first-order valence-corrected chi connectivity index (χ1v) is 9.92. The number of rotatable bonds is 10. The molecule has 140 valence electrons. The summed E-state index contributed by atoms with van der Waals surface area (Å²) in [5, 5.41) is 12.1. The summed E-state index contributed by atoms with van der Waals surface area (Å²) in [7, 11) is 0. The second kappa shape index (κ2) is 10.0. The Morgan fingerprint density at radius 1 is 1.23 bits per heavy atom. The van der Waals surface area contributed by atoms with E-state index in [-0.39, 0.29) is 5.91 Å². The second-order valence-corrected chi connectivity index (χ2v) is 6.59. The van der Waals surface area contributed by atoms with Crippen molar-refractivity contribution in [3.63, 3.8) is 0 Å². The third-order valence-electron chi connectivity index (χ3n) is 4.06. The third kappa shape index (κ3) is 4.88. The number of hydrogen-bond donors (Lipinski definition) is 1. The largest absolute Gasteiger partial charge is 0.372 e. The van der Waals surface area contributed by atoms with Crippen LogP contribution in [0.5, 0.6) is 0 Å². The van der Waals surface area contributed by atoms with E-state index >= 15 is 0 Å². The van der Waals surface area contributed by atoms with Crippen molar-refractivity contribution in [1.29, 1.82) is 0 Å². The van der Waals surface area contributed by atoms with E-state index in [4.69, 9.17) is 0 Å². The number of carbonyl (C=O) groups is 1. The lowest BCUT2D eigenvalue weighted by atomic mass is 10.2. The SMILES string of the molecule is C=CCNC(=O)CSc1nnc(-c2ccc(N(CC)CC)cc2)n1CC. The molecule has 1 aromatic carbocycles. The molecule has 0 radical (unpaired) electrons. The van der Waals surface area contributed by atoms with Crippen molar-refractivity contribution in [3.8, 4) is 11.4 Å². The van der Waals surface area contributed by atoms with Gasteiger partial charge in [0.25, 0.3) is 0 Å². The number of nitrogens with one attached hydrogen (secondary N) is 1. The summed E-state index contributed by atoms with van der Waals surface area (Å²) in [6.45, 7) is 13.1. The third-order valence-corrected chi connectivity index (χ3v) is 5.03. The number of thioether (sulfide) groups is 1. The van der Waals surface area contributed by atoms with Crippen LogP contribution < -0.4 is 10.2 Å². The van der Waals surface area contributed by atoms with Gasteiger partial charge in [-0.15, -0.1) is 16.8 Å². The van der Waals surface area contributed by atoms with Gasteiger partial charge >= 0.3 is 0 Å². The van der Waals surface area contributed by atoms with Crippen LogP contribution in [0, 0.1) is 0 Å². The lowest BCUT2D eigenvalue weighted by molar-refractivity contribution is -0.118. The molecule has 2 rings (SSSR count). The molecule has 0 aliphatic carbocycles. The second-order valence-electron chi connectivity index (χ2n) is 5.65. The summed E-state index contributed by atoms with van der Waals surface area (Å²) < 4.78 is 2.04. The average Bonchev–Trinajstić information content (AvgIpc) is 3.09. The number of aromatic nitrogens is 3. The van der Waals surface area contributed by atoms with Crippen molar-refractivity contribution in [2.45, 2.75) is 32.5 Å². The lowest BCUT2D eigenvalue weighted by Gasteiger charge is -2.21. The molecule has 7 heteroatoms. The molecule has 1 N–H and O–H groups in total. The Balaban J connectivity index is 2.14. The number of benzene rings is 1. The van der Waals surface area contributed by atoms with E-state index in [2.05, 4.69) is 72.0 Å². The molecule has 2 aromatic rings. The molecule has 0 saturated heterocycles. The van der Waals surface area contributed by atoms with Gasteiger partial charge in [-0.2, -0.15) is 0 Å². The Labute approximate surface area is 159 Å². The van der Waals surface area contributed by atoms with Crippen LogP contribution in [-0.4, -0.2) is 46.1 Å². The van der Waals surface area contributed by atoms with E-state index in [9.17, 15) is 4.79 Å². The highest BCUT2D eigenvalue weighted by Gasteiger charge is 2.14. The zero-order chi connectivity index (χ0) is 18.9. The normalized spacial score (nSPS) is 10.6. The van der Waals surface area contributed by atoms with E-state index in [0.29, 0.717) is 12.3 Å². The fraction of sp³-hybridized carbons (Fsp3) is 0.421. The Hall–Kier alpha value is -2.28. The monoisotopic (exact) mass is 373 g/mol. The number of carbonyl (C=O) groups excluding carboxylic acids is 1. The molecular weight excluding hydrogens is 346 g/mol. The van der Waals surface area contributed by atoms with Gasteiger partial charge < -0.3 is 14.8 Å². The summed E-state index contributed by atoms with van der Waals surface area (Å²) in [4.78, 5) is 14.1. The molecule has 0 fully saturated rings. The molecule has 0 unspecified atom stereocenters. The zero-order valence-electron chi connectivity index (χ0n) is 15.7. The predicted octanol–water partition coefficient (Wildman–Crippen LogP) is 3.21. The fourth-order valence-electron chi connectivity index (χ4n) is 2.67. The van der Waals surface area contributed by atoms with Crippen LogP contribution in [0.4, 0.5) is 5.69 Å². The minimum atomic E-state index is -0.0364. The van der Waals surface area contributed by atoms with Gasteiger partial charge in [-0.1, -0.05) is 17.8 Å². The first-order chi connectivity index (χ1) is 12.6. The number of hydrogen-bond acceptors (Lipinski definition) is 5. The maximum Gasteiger partial charge on any atom is 0.230 e. The number of anilines is 1. The molecule has 1 aromatic heterocycles. The zero-order valence-corrected chi connectivity index (χ0v) is 16.6. The first-order valence-electron chi connectivity index (χ1n) is 8.93. The summed E-state index contributed by atoms with van der Waals surface area (Å²) in [5.74, 6) is 1.10. The van der Waals surface area contributed by atoms with Crippen molar-refractivity contribution < 1.29 is 4.79 Å². The number of nitrogens with zero attached hydrogens (tertiary/aromatic N) is 4. The highest BCUT2D eigenvalue weighted by molar-refractivity contribution is 7.99. The molecule has 0 aliphatic rings. The standard InChI is InChI=1S/C19H27N5OS/c1-5-13-20-17(25)14-26-19-22-21-18(24(19)8-4)15-9-11-16(12-10-15)23(6-2)7-3/h5,9-12H,1,6-8,13-14H2,2-4H3,(H,20,25). The Morgan fingerprint density at radius 2 is 1.92 bits per heavy atom. The summed E-state index contributed by atoms with van der Waals surface area (Å²) in [6, 6.07) is 8.39. The highest BCUT2D eigenvalue weighted by Crippen LogP contribution is 2.26. The molecule has 26 heavy (non-hydrogen) atoms. The van der Waals surface area contributed by atoms with E-state index < -0.39 is 0 Å². The topological polar surface area (TPSA) is 63.1 Å². The van der Waals surface area contributed by atoms with Gasteiger partial charge in [0.2, 0.25) is 5.91 Å². The van der Waals surface area contributed by atoms with E-state index in [1.165, 1.54) is 17.4 Å². The van der Waals surface area contributed by atoms with Crippen LogP contribution >= 0.6 is 11.8 Å².